The van der Waals surface area contributed by atoms with Gasteiger partial charge in [-0.1, -0.05) is 34.8 Å². The van der Waals surface area contributed by atoms with Crippen LogP contribution in [-0.2, 0) is 0 Å². The topological polar surface area (TPSA) is 43.8 Å². The Morgan fingerprint density at radius 3 is 2.44 bits per heavy atom. The lowest BCUT2D eigenvalue weighted by atomic mass is 10.1. The van der Waals surface area contributed by atoms with Crippen molar-refractivity contribution in [3.8, 4) is 0 Å². The van der Waals surface area contributed by atoms with Crippen LogP contribution in [-0.4, -0.2) is 9.78 Å². The van der Waals surface area contributed by atoms with E-state index in [0.29, 0.717) is 21.4 Å². The van der Waals surface area contributed by atoms with E-state index in [0.717, 1.165) is 0 Å². The summed E-state index contributed by atoms with van der Waals surface area (Å²) in [6.07, 6.45) is 1.42. The van der Waals surface area contributed by atoms with Crippen LogP contribution in [0, 0.1) is 5.82 Å². The Hall–Kier alpha value is -0.970. The lowest BCUT2D eigenvalue weighted by molar-refractivity contribution is 0.564. The number of rotatable bonds is 2. The highest BCUT2D eigenvalue weighted by Gasteiger charge is 2.18. The molecule has 2 rings (SSSR count). The maximum Gasteiger partial charge on any atom is 0.142 e. The third-order valence-electron chi connectivity index (χ3n) is 2.64. The Bertz CT molecular complexity index is 597. The Labute approximate surface area is 118 Å². The molecule has 1 aromatic carbocycles. The second-order valence-electron chi connectivity index (χ2n) is 3.79. The minimum Gasteiger partial charge on any atom is -0.383 e. The van der Waals surface area contributed by atoms with Gasteiger partial charge in [0.2, 0.25) is 0 Å². The van der Waals surface area contributed by atoms with Gasteiger partial charge in [0.1, 0.15) is 16.7 Å². The molecule has 1 atom stereocenters. The number of nitrogen functional groups attached to an aromatic ring is 1. The Morgan fingerprint density at radius 2 is 1.89 bits per heavy atom. The first-order valence-electron chi connectivity index (χ1n) is 5.04. The number of benzene rings is 1. The molecule has 1 aromatic heterocycles. The van der Waals surface area contributed by atoms with Gasteiger partial charge in [-0.2, -0.15) is 5.10 Å². The number of anilines is 1. The average molecular weight is 309 g/mol. The van der Waals surface area contributed by atoms with Crippen molar-refractivity contribution in [1.82, 2.24) is 9.78 Å². The summed E-state index contributed by atoms with van der Waals surface area (Å²) in [6.45, 7) is 1.79. The molecule has 2 N–H and O–H groups in total. The molecule has 0 amide bonds. The van der Waals surface area contributed by atoms with Crippen LogP contribution in [0.25, 0.3) is 0 Å². The molecule has 1 heterocycles. The fourth-order valence-corrected chi connectivity index (χ4v) is 2.32. The molecule has 0 aliphatic rings. The van der Waals surface area contributed by atoms with E-state index in [1.54, 1.807) is 6.92 Å². The van der Waals surface area contributed by atoms with E-state index in [4.69, 9.17) is 40.5 Å². The van der Waals surface area contributed by atoms with Crippen LogP contribution < -0.4 is 5.73 Å². The van der Waals surface area contributed by atoms with Gasteiger partial charge < -0.3 is 5.73 Å². The normalized spacial score (nSPS) is 12.7. The van der Waals surface area contributed by atoms with E-state index in [-0.39, 0.29) is 11.1 Å². The molecule has 0 aliphatic carbocycles. The summed E-state index contributed by atoms with van der Waals surface area (Å²) in [7, 11) is 0. The molecule has 3 nitrogen and oxygen atoms in total. The largest absolute Gasteiger partial charge is 0.383 e. The third-order valence-corrected chi connectivity index (χ3v) is 3.55. The van der Waals surface area contributed by atoms with Crippen molar-refractivity contribution in [3.05, 3.63) is 44.8 Å². The summed E-state index contributed by atoms with van der Waals surface area (Å²) in [5.41, 5.74) is 6.30. The molecule has 0 saturated carbocycles. The molecule has 0 bridgehead atoms. The first-order chi connectivity index (χ1) is 8.41. The first kappa shape index (κ1) is 13.5. The van der Waals surface area contributed by atoms with Gasteiger partial charge in [0.25, 0.3) is 0 Å². The SMILES string of the molecule is CC(c1cc(F)c(Cl)cc1Cl)n1ncc(Cl)c1N. The first-order valence-corrected chi connectivity index (χ1v) is 6.18. The number of hydrogen-bond donors (Lipinski definition) is 1. The van der Waals surface area contributed by atoms with Crippen molar-refractivity contribution >= 4 is 40.6 Å². The van der Waals surface area contributed by atoms with Gasteiger partial charge >= 0.3 is 0 Å². The fraction of sp³-hybridized carbons (Fsp3) is 0.182. The summed E-state index contributed by atoms with van der Waals surface area (Å²) in [6, 6.07) is 2.27. The van der Waals surface area contributed by atoms with Crippen molar-refractivity contribution in [2.45, 2.75) is 13.0 Å². The van der Waals surface area contributed by atoms with Gasteiger partial charge in [0.15, 0.2) is 0 Å². The molecule has 0 radical (unpaired) electrons. The molecule has 7 heteroatoms. The molecule has 1 unspecified atom stereocenters. The minimum atomic E-state index is -0.542. The number of halogens is 4. The van der Waals surface area contributed by atoms with Crippen LogP contribution in [0.1, 0.15) is 18.5 Å². The minimum absolute atomic E-state index is 0.0255. The molecular formula is C11H9Cl3FN3. The lowest BCUT2D eigenvalue weighted by Gasteiger charge is -2.16. The van der Waals surface area contributed by atoms with Gasteiger partial charge in [-0.3, -0.25) is 0 Å². The van der Waals surface area contributed by atoms with Gasteiger partial charge in [-0.25, -0.2) is 9.07 Å². The number of nitrogens with two attached hydrogens (primary N) is 1. The van der Waals surface area contributed by atoms with Gasteiger partial charge in [0, 0.05) is 5.02 Å². The van der Waals surface area contributed by atoms with Crippen LogP contribution in [0.15, 0.2) is 18.3 Å². The highest BCUT2D eigenvalue weighted by molar-refractivity contribution is 6.35. The van der Waals surface area contributed by atoms with Crippen molar-refractivity contribution < 1.29 is 4.39 Å². The molecule has 0 saturated heterocycles. The summed E-state index contributed by atoms with van der Waals surface area (Å²) < 4.78 is 14.9. The number of hydrogen-bond acceptors (Lipinski definition) is 2. The predicted octanol–water partition coefficient (Wildman–Crippen LogP) is 4.17. The maximum absolute atomic E-state index is 13.5. The second-order valence-corrected chi connectivity index (χ2v) is 5.01. The molecule has 0 spiro atoms. The van der Waals surface area contributed by atoms with Crippen molar-refractivity contribution in [1.29, 1.82) is 0 Å². The smallest absolute Gasteiger partial charge is 0.142 e. The number of nitrogens with zero attached hydrogens (tertiary/aromatic N) is 2. The Kier molecular flexibility index (Phi) is 3.71. The zero-order chi connectivity index (χ0) is 13.4. The number of aromatic nitrogens is 2. The monoisotopic (exact) mass is 307 g/mol. The standard InChI is InChI=1S/C11H9Cl3FN3/c1-5(18-11(16)9(14)4-17-18)6-2-10(15)8(13)3-7(6)12/h2-5H,16H2,1H3. The maximum atomic E-state index is 13.5. The summed E-state index contributed by atoms with van der Waals surface area (Å²) >= 11 is 17.5. The zero-order valence-electron chi connectivity index (χ0n) is 9.29. The third kappa shape index (κ3) is 2.28. The van der Waals surface area contributed by atoms with Gasteiger partial charge in [-0.15, -0.1) is 0 Å². The van der Waals surface area contributed by atoms with Crippen molar-refractivity contribution in [2.75, 3.05) is 5.73 Å². The second kappa shape index (κ2) is 4.96. The Morgan fingerprint density at radius 1 is 1.22 bits per heavy atom. The summed E-state index contributed by atoms with van der Waals surface area (Å²) in [4.78, 5) is 0. The molecule has 18 heavy (non-hydrogen) atoms. The molecule has 2 aromatic rings. The van der Waals surface area contributed by atoms with E-state index in [1.165, 1.54) is 23.0 Å². The van der Waals surface area contributed by atoms with Crippen molar-refractivity contribution in [3.63, 3.8) is 0 Å². The van der Waals surface area contributed by atoms with Crippen LogP contribution >= 0.6 is 34.8 Å². The predicted molar refractivity (Wildman–Crippen MR) is 71.9 cm³/mol. The summed E-state index contributed by atoms with van der Waals surface area (Å²) in [5.74, 6) is -0.240. The molecule has 96 valence electrons. The lowest BCUT2D eigenvalue weighted by Crippen LogP contribution is -2.12. The van der Waals surface area contributed by atoms with E-state index < -0.39 is 5.82 Å². The van der Waals surface area contributed by atoms with E-state index >= 15 is 0 Å². The average Bonchev–Trinajstić information content (AvgIpc) is 2.64. The van der Waals surface area contributed by atoms with Gasteiger partial charge in [-0.05, 0) is 24.6 Å². The van der Waals surface area contributed by atoms with E-state index in [9.17, 15) is 4.39 Å². The fourth-order valence-electron chi connectivity index (χ4n) is 1.65. The van der Waals surface area contributed by atoms with E-state index in [2.05, 4.69) is 5.10 Å². The highest BCUT2D eigenvalue weighted by Crippen LogP contribution is 2.32. The van der Waals surface area contributed by atoms with E-state index in [1.807, 2.05) is 0 Å². The van der Waals surface area contributed by atoms with Crippen LogP contribution in [0.4, 0.5) is 10.2 Å². The van der Waals surface area contributed by atoms with Crippen LogP contribution in [0.3, 0.4) is 0 Å². The molecule has 0 fully saturated rings. The van der Waals surface area contributed by atoms with Crippen LogP contribution in [0.5, 0.6) is 0 Å². The highest BCUT2D eigenvalue weighted by atomic mass is 35.5. The summed E-state index contributed by atoms with van der Waals surface area (Å²) in [5, 5.41) is 4.69. The molecular weight excluding hydrogens is 299 g/mol. The van der Waals surface area contributed by atoms with Crippen LogP contribution in [0.2, 0.25) is 15.1 Å². The quantitative estimate of drug-likeness (QED) is 0.846. The zero-order valence-corrected chi connectivity index (χ0v) is 11.6. The Balaban J connectivity index is 2.49. The van der Waals surface area contributed by atoms with Crippen molar-refractivity contribution in [2.24, 2.45) is 0 Å². The van der Waals surface area contributed by atoms with Gasteiger partial charge in [0.05, 0.1) is 17.3 Å². The molecule has 0 aliphatic heterocycles.